The maximum atomic E-state index is 13.0. The van der Waals surface area contributed by atoms with Crippen LogP contribution in [0.15, 0.2) is 36.4 Å². The molecule has 0 saturated heterocycles. The van der Waals surface area contributed by atoms with E-state index in [-0.39, 0.29) is 11.6 Å². The Kier molecular flexibility index (Phi) is 3.61. The van der Waals surface area contributed by atoms with Gasteiger partial charge in [0.2, 0.25) is 10.0 Å². The van der Waals surface area contributed by atoms with Gasteiger partial charge in [0.15, 0.2) is 11.6 Å². The van der Waals surface area contributed by atoms with Crippen LogP contribution in [0.1, 0.15) is 0 Å². The standard InChI is InChI=1S/C11H11FN4O2S/c1-19(17,18)16-11-6-5-10(14-15-11)13-9-4-2-3-8(12)7-9/h2-7H,1H3,(H,13,14)(H,15,16). The lowest BCUT2D eigenvalue weighted by molar-refractivity contribution is 0.606. The van der Waals surface area contributed by atoms with Gasteiger partial charge in [0, 0.05) is 5.69 Å². The normalized spacial score (nSPS) is 11.1. The number of hydrogen-bond donors (Lipinski definition) is 2. The summed E-state index contributed by atoms with van der Waals surface area (Å²) in [5, 5.41) is 10.3. The predicted molar refractivity (Wildman–Crippen MR) is 70.2 cm³/mol. The molecule has 0 atom stereocenters. The topological polar surface area (TPSA) is 84.0 Å². The molecule has 100 valence electrons. The van der Waals surface area contributed by atoms with Crippen LogP contribution >= 0.6 is 0 Å². The van der Waals surface area contributed by atoms with E-state index in [4.69, 9.17) is 0 Å². The van der Waals surface area contributed by atoms with Crippen molar-refractivity contribution in [3.8, 4) is 0 Å². The first-order valence-electron chi connectivity index (χ1n) is 5.26. The Morgan fingerprint density at radius 2 is 1.79 bits per heavy atom. The van der Waals surface area contributed by atoms with Crippen molar-refractivity contribution < 1.29 is 12.8 Å². The summed E-state index contributed by atoms with van der Waals surface area (Å²) in [5.41, 5.74) is 0.526. The Labute approximate surface area is 109 Å². The highest BCUT2D eigenvalue weighted by atomic mass is 32.2. The molecule has 0 bridgehead atoms. The SMILES string of the molecule is CS(=O)(=O)Nc1ccc(Nc2cccc(F)c2)nn1. The summed E-state index contributed by atoms with van der Waals surface area (Å²) >= 11 is 0. The van der Waals surface area contributed by atoms with Crippen LogP contribution in [-0.2, 0) is 10.0 Å². The van der Waals surface area contributed by atoms with E-state index in [9.17, 15) is 12.8 Å². The minimum atomic E-state index is -3.38. The molecule has 2 N–H and O–H groups in total. The second-order valence-corrected chi connectivity index (χ2v) is 5.56. The Morgan fingerprint density at radius 3 is 2.37 bits per heavy atom. The van der Waals surface area contributed by atoms with Crippen molar-refractivity contribution in [1.82, 2.24) is 10.2 Å². The van der Waals surface area contributed by atoms with Crippen molar-refractivity contribution in [2.75, 3.05) is 16.3 Å². The molecule has 1 aromatic carbocycles. The molecule has 8 heteroatoms. The van der Waals surface area contributed by atoms with Crippen molar-refractivity contribution in [1.29, 1.82) is 0 Å². The van der Waals surface area contributed by atoms with Gasteiger partial charge in [-0.25, -0.2) is 12.8 Å². The molecule has 2 rings (SSSR count). The molecule has 0 spiro atoms. The molecule has 1 aromatic heterocycles. The van der Waals surface area contributed by atoms with Gasteiger partial charge in [-0.15, -0.1) is 10.2 Å². The second kappa shape index (κ2) is 5.19. The zero-order chi connectivity index (χ0) is 13.9. The second-order valence-electron chi connectivity index (χ2n) is 3.81. The molecule has 0 amide bonds. The average molecular weight is 282 g/mol. The average Bonchev–Trinajstić information content (AvgIpc) is 2.30. The van der Waals surface area contributed by atoms with E-state index in [1.807, 2.05) is 0 Å². The van der Waals surface area contributed by atoms with Gasteiger partial charge in [-0.3, -0.25) is 4.72 Å². The van der Waals surface area contributed by atoms with Crippen LogP contribution in [0.5, 0.6) is 0 Å². The van der Waals surface area contributed by atoms with Gasteiger partial charge in [0.05, 0.1) is 6.26 Å². The molecular weight excluding hydrogens is 271 g/mol. The van der Waals surface area contributed by atoms with Gasteiger partial charge in [0.25, 0.3) is 0 Å². The van der Waals surface area contributed by atoms with Crippen molar-refractivity contribution in [2.45, 2.75) is 0 Å². The summed E-state index contributed by atoms with van der Waals surface area (Å²) in [5.74, 6) is 0.130. The summed E-state index contributed by atoms with van der Waals surface area (Å²) in [6.07, 6.45) is 1.02. The molecular formula is C11H11FN4O2S. The third-order valence-electron chi connectivity index (χ3n) is 2.05. The third-order valence-corrected chi connectivity index (χ3v) is 2.63. The van der Waals surface area contributed by atoms with Gasteiger partial charge in [-0.1, -0.05) is 6.07 Å². The van der Waals surface area contributed by atoms with E-state index >= 15 is 0 Å². The largest absolute Gasteiger partial charge is 0.339 e. The van der Waals surface area contributed by atoms with E-state index in [1.165, 1.54) is 24.3 Å². The first-order chi connectivity index (χ1) is 8.92. The number of benzene rings is 1. The molecule has 0 aliphatic heterocycles. The van der Waals surface area contributed by atoms with Crippen LogP contribution in [0.2, 0.25) is 0 Å². The van der Waals surface area contributed by atoms with E-state index in [0.29, 0.717) is 11.5 Å². The molecule has 2 aromatic rings. The molecule has 0 saturated carbocycles. The van der Waals surface area contributed by atoms with Gasteiger partial charge in [0.1, 0.15) is 5.82 Å². The number of sulfonamides is 1. The Morgan fingerprint density at radius 1 is 1.11 bits per heavy atom. The van der Waals surface area contributed by atoms with E-state index in [1.54, 1.807) is 12.1 Å². The monoisotopic (exact) mass is 282 g/mol. The number of anilines is 3. The number of aromatic nitrogens is 2. The van der Waals surface area contributed by atoms with Crippen LogP contribution < -0.4 is 10.0 Å². The number of halogens is 1. The fraction of sp³-hybridized carbons (Fsp3) is 0.0909. The lowest BCUT2D eigenvalue weighted by Gasteiger charge is -2.06. The van der Waals surface area contributed by atoms with Crippen LogP contribution in [0, 0.1) is 5.82 Å². The quantitative estimate of drug-likeness (QED) is 0.892. The van der Waals surface area contributed by atoms with Crippen molar-refractivity contribution in [3.63, 3.8) is 0 Å². The first kappa shape index (κ1) is 13.2. The highest BCUT2D eigenvalue weighted by Gasteiger charge is 2.04. The fourth-order valence-electron chi connectivity index (χ4n) is 1.36. The van der Waals surface area contributed by atoms with Crippen LogP contribution in [0.25, 0.3) is 0 Å². The lowest BCUT2D eigenvalue weighted by Crippen LogP contribution is -2.11. The molecule has 6 nitrogen and oxygen atoms in total. The highest BCUT2D eigenvalue weighted by Crippen LogP contribution is 2.15. The van der Waals surface area contributed by atoms with Crippen LogP contribution in [-0.4, -0.2) is 24.9 Å². The molecule has 0 aliphatic carbocycles. The highest BCUT2D eigenvalue weighted by molar-refractivity contribution is 7.92. The van der Waals surface area contributed by atoms with E-state index in [0.717, 1.165) is 6.26 Å². The molecule has 19 heavy (non-hydrogen) atoms. The van der Waals surface area contributed by atoms with E-state index < -0.39 is 10.0 Å². The Hall–Kier alpha value is -2.22. The summed E-state index contributed by atoms with van der Waals surface area (Å²) in [6.45, 7) is 0. The number of nitrogens with zero attached hydrogens (tertiary/aromatic N) is 2. The molecule has 0 fully saturated rings. The maximum absolute atomic E-state index is 13.0. The van der Waals surface area contributed by atoms with Crippen LogP contribution in [0.4, 0.5) is 21.7 Å². The van der Waals surface area contributed by atoms with Gasteiger partial charge in [-0.2, -0.15) is 0 Å². The van der Waals surface area contributed by atoms with Gasteiger partial charge in [-0.05, 0) is 30.3 Å². The first-order valence-corrected chi connectivity index (χ1v) is 7.16. The van der Waals surface area contributed by atoms with E-state index in [2.05, 4.69) is 20.2 Å². The summed E-state index contributed by atoms with van der Waals surface area (Å²) < 4.78 is 37.1. The number of rotatable bonds is 4. The minimum Gasteiger partial charge on any atom is -0.339 e. The summed E-state index contributed by atoms with van der Waals surface area (Å²) in [6, 6.07) is 8.86. The molecule has 0 aliphatic rings. The zero-order valence-corrected chi connectivity index (χ0v) is 10.8. The fourth-order valence-corrected chi connectivity index (χ4v) is 1.85. The number of nitrogens with one attached hydrogen (secondary N) is 2. The zero-order valence-electron chi connectivity index (χ0n) is 9.96. The Balaban J connectivity index is 2.11. The molecule has 0 unspecified atom stereocenters. The third kappa shape index (κ3) is 4.18. The summed E-state index contributed by atoms with van der Waals surface area (Å²) in [4.78, 5) is 0. The van der Waals surface area contributed by atoms with Crippen molar-refractivity contribution in [3.05, 3.63) is 42.2 Å². The van der Waals surface area contributed by atoms with Crippen molar-refractivity contribution >= 4 is 27.3 Å². The Bertz CT molecular complexity index is 673. The minimum absolute atomic E-state index is 0.118. The number of hydrogen-bond acceptors (Lipinski definition) is 5. The lowest BCUT2D eigenvalue weighted by atomic mass is 10.3. The smallest absolute Gasteiger partial charge is 0.231 e. The van der Waals surface area contributed by atoms with Crippen molar-refractivity contribution in [2.24, 2.45) is 0 Å². The predicted octanol–water partition coefficient (Wildman–Crippen LogP) is 1.73. The van der Waals surface area contributed by atoms with Gasteiger partial charge < -0.3 is 5.32 Å². The van der Waals surface area contributed by atoms with Crippen LogP contribution in [0.3, 0.4) is 0 Å². The summed E-state index contributed by atoms with van der Waals surface area (Å²) in [7, 11) is -3.38. The maximum Gasteiger partial charge on any atom is 0.231 e. The van der Waals surface area contributed by atoms with Gasteiger partial charge >= 0.3 is 0 Å². The molecule has 0 radical (unpaired) electrons. The molecule has 1 heterocycles.